The first-order chi connectivity index (χ1) is 19.4. The zero-order chi connectivity index (χ0) is 28.2. The average Bonchev–Trinajstić information content (AvgIpc) is 3.53. The van der Waals surface area contributed by atoms with Gasteiger partial charge in [-0.1, -0.05) is 89.7 Å². The number of nitrogens with zero attached hydrogens (tertiary/aromatic N) is 3. The number of rotatable bonds is 9. The number of carbonyl (C=O) groups excluding carboxylic acids is 2. The number of aryl methyl sites for hydroxylation is 1. The van der Waals surface area contributed by atoms with Crippen molar-refractivity contribution in [1.29, 1.82) is 0 Å². The topological polar surface area (TPSA) is 92.6 Å². The van der Waals surface area contributed by atoms with E-state index in [1.807, 2.05) is 62.4 Å². The van der Waals surface area contributed by atoms with Gasteiger partial charge < -0.3 is 9.84 Å². The Bertz CT molecular complexity index is 1570. The second-order valence-electron chi connectivity index (χ2n) is 9.18. The summed E-state index contributed by atoms with van der Waals surface area (Å²) in [5.41, 5.74) is 3.06. The van der Waals surface area contributed by atoms with Gasteiger partial charge in [-0.2, -0.15) is 0 Å². The summed E-state index contributed by atoms with van der Waals surface area (Å²) >= 11 is 8.94. The van der Waals surface area contributed by atoms with Crippen LogP contribution in [-0.4, -0.2) is 33.6 Å². The molecule has 1 aromatic heterocycles. The van der Waals surface area contributed by atoms with Gasteiger partial charge in [-0.3, -0.25) is 14.5 Å². The van der Waals surface area contributed by atoms with Crippen molar-refractivity contribution in [3.8, 4) is 5.75 Å². The minimum absolute atomic E-state index is 0.00319. The number of halogens is 1. The SMILES string of the molecule is CCCOc1ccc(/C(O)=C2/C(=O)C(=O)N(c3nnc(SCc4ccccc4Cl)s3)C2c2ccc(C)cc2)cc1. The van der Waals surface area contributed by atoms with Gasteiger partial charge in [0.1, 0.15) is 11.5 Å². The van der Waals surface area contributed by atoms with Crippen molar-refractivity contribution in [2.75, 3.05) is 11.5 Å². The summed E-state index contributed by atoms with van der Waals surface area (Å²) in [5, 5.41) is 20.8. The van der Waals surface area contributed by atoms with Crippen LogP contribution < -0.4 is 9.64 Å². The van der Waals surface area contributed by atoms with Gasteiger partial charge in [0.2, 0.25) is 5.13 Å². The van der Waals surface area contributed by atoms with Crippen LogP contribution in [0.2, 0.25) is 5.02 Å². The lowest BCUT2D eigenvalue weighted by molar-refractivity contribution is -0.132. The molecule has 1 amide bonds. The van der Waals surface area contributed by atoms with Gasteiger partial charge in [-0.25, -0.2) is 0 Å². The van der Waals surface area contributed by atoms with E-state index >= 15 is 0 Å². The van der Waals surface area contributed by atoms with Crippen molar-refractivity contribution in [1.82, 2.24) is 10.2 Å². The molecule has 1 fully saturated rings. The van der Waals surface area contributed by atoms with E-state index in [1.54, 1.807) is 24.3 Å². The lowest BCUT2D eigenvalue weighted by Gasteiger charge is -2.22. The molecule has 0 saturated carbocycles. The number of ether oxygens (including phenoxy) is 1. The normalized spacial score (nSPS) is 16.5. The molecule has 1 atom stereocenters. The monoisotopic (exact) mass is 591 g/mol. The van der Waals surface area contributed by atoms with Crippen LogP contribution >= 0.6 is 34.7 Å². The van der Waals surface area contributed by atoms with Crippen molar-refractivity contribution in [3.63, 3.8) is 0 Å². The first kappa shape index (κ1) is 27.9. The zero-order valence-electron chi connectivity index (χ0n) is 21.8. The van der Waals surface area contributed by atoms with Gasteiger partial charge in [0.05, 0.1) is 18.2 Å². The number of ketones is 1. The molecule has 204 valence electrons. The van der Waals surface area contributed by atoms with Crippen LogP contribution in [-0.2, 0) is 15.3 Å². The fourth-order valence-electron chi connectivity index (χ4n) is 4.29. The van der Waals surface area contributed by atoms with Crippen molar-refractivity contribution >= 4 is 57.3 Å². The first-order valence-electron chi connectivity index (χ1n) is 12.7. The van der Waals surface area contributed by atoms with Crippen LogP contribution in [0.3, 0.4) is 0 Å². The van der Waals surface area contributed by atoms with Crippen LogP contribution in [0.15, 0.2) is 82.7 Å². The molecule has 10 heteroatoms. The highest BCUT2D eigenvalue weighted by Gasteiger charge is 2.48. The van der Waals surface area contributed by atoms with E-state index in [2.05, 4.69) is 10.2 Å². The van der Waals surface area contributed by atoms with Crippen LogP contribution in [0, 0.1) is 6.92 Å². The van der Waals surface area contributed by atoms with Gasteiger partial charge in [-0.05, 0) is 54.8 Å². The van der Waals surface area contributed by atoms with E-state index in [0.717, 1.165) is 17.5 Å². The van der Waals surface area contributed by atoms with Crippen LogP contribution in [0.1, 0.15) is 41.6 Å². The third-order valence-electron chi connectivity index (χ3n) is 6.35. The molecule has 0 aliphatic carbocycles. The summed E-state index contributed by atoms with van der Waals surface area (Å²) in [5.74, 6) is -0.577. The van der Waals surface area contributed by atoms with Gasteiger partial charge in [0, 0.05) is 16.3 Å². The maximum atomic E-state index is 13.4. The summed E-state index contributed by atoms with van der Waals surface area (Å²) in [6.45, 7) is 4.54. The highest BCUT2D eigenvalue weighted by Crippen LogP contribution is 2.44. The smallest absolute Gasteiger partial charge is 0.301 e. The fourth-order valence-corrected chi connectivity index (χ4v) is 6.44. The van der Waals surface area contributed by atoms with Gasteiger partial charge in [0.25, 0.3) is 5.78 Å². The second kappa shape index (κ2) is 12.2. The largest absolute Gasteiger partial charge is 0.507 e. The molecule has 1 aliphatic rings. The van der Waals surface area contributed by atoms with E-state index in [1.165, 1.54) is 28.0 Å². The van der Waals surface area contributed by atoms with Crippen molar-refractivity contribution < 1.29 is 19.4 Å². The third kappa shape index (κ3) is 5.77. The van der Waals surface area contributed by atoms with Gasteiger partial charge >= 0.3 is 5.91 Å². The molecule has 0 radical (unpaired) electrons. The van der Waals surface area contributed by atoms with E-state index < -0.39 is 17.7 Å². The zero-order valence-corrected chi connectivity index (χ0v) is 24.2. The average molecular weight is 592 g/mol. The summed E-state index contributed by atoms with van der Waals surface area (Å²) in [4.78, 5) is 28.2. The lowest BCUT2D eigenvalue weighted by Crippen LogP contribution is -2.29. The molecule has 1 aliphatic heterocycles. The Morgan fingerprint density at radius 3 is 2.48 bits per heavy atom. The highest BCUT2D eigenvalue weighted by molar-refractivity contribution is 8.00. The molecule has 1 saturated heterocycles. The molecule has 5 rings (SSSR count). The number of thioether (sulfide) groups is 1. The van der Waals surface area contributed by atoms with E-state index in [-0.39, 0.29) is 16.5 Å². The Balaban J connectivity index is 1.51. The molecule has 7 nitrogen and oxygen atoms in total. The minimum atomic E-state index is -0.869. The predicted octanol–water partition coefficient (Wildman–Crippen LogP) is 7.21. The number of aromatic nitrogens is 2. The standard InChI is InChI=1S/C30H26ClN3O4S2/c1-3-16-38-22-14-12-20(13-15-22)26(35)24-25(19-10-8-18(2)9-11-19)34(28(37)27(24)36)29-32-33-30(40-29)39-17-21-6-4-5-7-23(21)31/h4-15,25,35H,3,16-17H2,1-2H3/b26-24-. The van der Waals surface area contributed by atoms with Crippen molar-refractivity contribution in [2.24, 2.45) is 0 Å². The second-order valence-corrected chi connectivity index (χ2v) is 11.8. The summed E-state index contributed by atoms with van der Waals surface area (Å²) in [6, 6.07) is 21.0. The van der Waals surface area contributed by atoms with Crippen LogP contribution in [0.4, 0.5) is 5.13 Å². The Kier molecular flexibility index (Phi) is 8.54. The predicted molar refractivity (Wildman–Crippen MR) is 159 cm³/mol. The Labute approximate surface area is 245 Å². The molecular formula is C30H26ClN3O4S2. The number of benzene rings is 3. The maximum absolute atomic E-state index is 13.4. The van der Waals surface area contributed by atoms with Crippen LogP contribution in [0.25, 0.3) is 5.76 Å². The summed E-state index contributed by atoms with van der Waals surface area (Å²) in [7, 11) is 0. The molecule has 0 spiro atoms. The number of hydrogen-bond donors (Lipinski definition) is 1. The van der Waals surface area contributed by atoms with Crippen molar-refractivity contribution in [2.45, 2.75) is 36.4 Å². The molecule has 0 bridgehead atoms. The number of hydrogen-bond acceptors (Lipinski definition) is 8. The molecule has 4 aromatic rings. The number of aliphatic hydroxyl groups is 1. The van der Waals surface area contributed by atoms with Gasteiger partial charge in [-0.15, -0.1) is 10.2 Å². The third-order valence-corrected chi connectivity index (χ3v) is 8.82. The highest BCUT2D eigenvalue weighted by atomic mass is 35.5. The Morgan fingerprint density at radius 1 is 1.05 bits per heavy atom. The number of Topliss-reactive ketones (excluding diaryl/α,β-unsaturated/α-hetero) is 1. The van der Waals surface area contributed by atoms with Gasteiger partial charge in [0.15, 0.2) is 4.34 Å². The lowest BCUT2D eigenvalue weighted by atomic mass is 9.95. The Hall–Kier alpha value is -3.66. The first-order valence-corrected chi connectivity index (χ1v) is 14.9. The summed E-state index contributed by atoms with van der Waals surface area (Å²) in [6.07, 6.45) is 0.869. The maximum Gasteiger partial charge on any atom is 0.301 e. The van der Waals surface area contributed by atoms with Crippen LogP contribution in [0.5, 0.6) is 5.75 Å². The number of carbonyl (C=O) groups is 2. The van der Waals surface area contributed by atoms with E-state index in [9.17, 15) is 14.7 Å². The number of anilines is 1. The minimum Gasteiger partial charge on any atom is -0.507 e. The molecule has 1 unspecified atom stereocenters. The molecule has 1 N–H and O–H groups in total. The Morgan fingerprint density at radius 2 is 1.77 bits per heavy atom. The van der Waals surface area contributed by atoms with E-state index in [4.69, 9.17) is 16.3 Å². The van der Waals surface area contributed by atoms with Crippen molar-refractivity contribution in [3.05, 3.63) is 106 Å². The fraction of sp³-hybridized carbons (Fsp3) is 0.200. The quantitative estimate of drug-likeness (QED) is 0.0723. The number of amides is 1. The molecule has 3 aromatic carbocycles. The van der Waals surface area contributed by atoms with E-state index in [0.29, 0.717) is 38.6 Å². The molecule has 40 heavy (non-hydrogen) atoms. The molecule has 2 heterocycles. The summed E-state index contributed by atoms with van der Waals surface area (Å²) < 4.78 is 6.26. The number of aliphatic hydroxyl groups excluding tert-OH is 1. The molecular weight excluding hydrogens is 566 g/mol.